The van der Waals surface area contributed by atoms with Crippen molar-refractivity contribution >= 4 is 10.9 Å². The van der Waals surface area contributed by atoms with Crippen LogP contribution >= 0.6 is 0 Å². The number of hydrogen-bond acceptors (Lipinski definition) is 3. The highest BCUT2D eigenvalue weighted by Gasteiger charge is 2.28. The van der Waals surface area contributed by atoms with Gasteiger partial charge < -0.3 is 9.67 Å². The van der Waals surface area contributed by atoms with Crippen molar-refractivity contribution in [2.24, 2.45) is 7.05 Å². The molecule has 0 bridgehead atoms. The van der Waals surface area contributed by atoms with Gasteiger partial charge in [-0.3, -0.25) is 9.80 Å². The molecule has 2 saturated heterocycles. The number of para-hydroxylation sites is 1. The van der Waals surface area contributed by atoms with Crippen LogP contribution in [0.15, 0.2) is 30.3 Å². The fraction of sp³-hybridized carbons (Fsp3) is 0.600. The number of piperidine rings is 2. The Kier molecular flexibility index (Phi) is 4.61. The van der Waals surface area contributed by atoms with E-state index in [2.05, 4.69) is 51.7 Å². The highest BCUT2D eigenvalue weighted by molar-refractivity contribution is 5.81. The van der Waals surface area contributed by atoms with E-state index in [0.717, 1.165) is 25.9 Å². The normalized spacial score (nSPS) is 24.7. The molecule has 0 spiro atoms. The van der Waals surface area contributed by atoms with Crippen molar-refractivity contribution in [3.8, 4) is 0 Å². The first-order valence-corrected chi connectivity index (χ1v) is 9.38. The molecule has 0 aliphatic carbocycles. The summed E-state index contributed by atoms with van der Waals surface area (Å²) >= 11 is 0. The van der Waals surface area contributed by atoms with E-state index < -0.39 is 0 Å². The van der Waals surface area contributed by atoms with Crippen LogP contribution in [0.5, 0.6) is 0 Å². The van der Waals surface area contributed by atoms with Crippen LogP contribution in [0.3, 0.4) is 0 Å². The number of β-amino-alcohol motifs (C(OH)–C–C–N with tert-alkyl or cyclic N) is 1. The third kappa shape index (κ3) is 3.23. The molecule has 130 valence electrons. The summed E-state index contributed by atoms with van der Waals surface area (Å²) in [4.78, 5) is 5.12. The van der Waals surface area contributed by atoms with Gasteiger partial charge in [0, 0.05) is 50.5 Å². The maximum Gasteiger partial charge on any atom is 0.0667 e. The van der Waals surface area contributed by atoms with Gasteiger partial charge in [-0.15, -0.1) is 0 Å². The average molecular weight is 327 g/mol. The molecule has 2 aromatic rings. The van der Waals surface area contributed by atoms with Gasteiger partial charge in [-0.1, -0.05) is 18.2 Å². The molecule has 0 amide bonds. The fourth-order valence-corrected chi connectivity index (χ4v) is 4.48. The first-order chi connectivity index (χ1) is 11.7. The number of aromatic nitrogens is 1. The Hall–Kier alpha value is -1.36. The second-order valence-electron chi connectivity index (χ2n) is 7.55. The molecule has 0 unspecified atom stereocenters. The zero-order chi connectivity index (χ0) is 16.5. The minimum absolute atomic E-state index is 0.104. The minimum atomic E-state index is -0.104. The highest BCUT2D eigenvalue weighted by Crippen LogP contribution is 2.24. The monoisotopic (exact) mass is 327 g/mol. The molecule has 0 saturated carbocycles. The molecule has 1 aromatic carbocycles. The summed E-state index contributed by atoms with van der Waals surface area (Å²) in [5, 5.41) is 11.2. The lowest BCUT2D eigenvalue weighted by molar-refractivity contribution is 0.0241. The Morgan fingerprint density at radius 1 is 1.08 bits per heavy atom. The summed E-state index contributed by atoms with van der Waals surface area (Å²) < 4.78 is 2.34. The zero-order valence-electron chi connectivity index (χ0n) is 14.7. The van der Waals surface area contributed by atoms with E-state index in [1.807, 2.05) is 0 Å². The van der Waals surface area contributed by atoms with Crippen molar-refractivity contribution < 1.29 is 5.11 Å². The molecular weight excluding hydrogens is 298 g/mol. The Labute approximate surface area is 144 Å². The van der Waals surface area contributed by atoms with E-state index in [1.165, 1.54) is 49.1 Å². The molecule has 0 radical (unpaired) electrons. The number of rotatable bonds is 3. The van der Waals surface area contributed by atoms with Crippen LogP contribution in [0.1, 0.15) is 31.4 Å². The summed E-state index contributed by atoms with van der Waals surface area (Å²) in [6.07, 6.45) is 4.49. The summed E-state index contributed by atoms with van der Waals surface area (Å²) in [6, 6.07) is 11.6. The third-order valence-electron chi connectivity index (χ3n) is 5.94. The van der Waals surface area contributed by atoms with E-state index in [9.17, 15) is 5.11 Å². The van der Waals surface area contributed by atoms with Gasteiger partial charge in [-0.05, 0) is 49.7 Å². The standard InChI is InChI=1S/C20H29N3O/c1-21-18(13-16-5-2-3-7-20(16)21)14-22-11-8-17(9-12-22)23-10-4-6-19(24)15-23/h2-3,5,7,13,17,19,24H,4,6,8-12,14-15H2,1H3/t19-/m1/s1. The smallest absolute Gasteiger partial charge is 0.0667 e. The zero-order valence-corrected chi connectivity index (χ0v) is 14.7. The Balaban J connectivity index is 1.36. The van der Waals surface area contributed by atoms with E-state index in [-0.39, 0.29) is 6.10 Å². The van der Waals surface area contributed by atoms with Crippen molar-refractivity contribution in [2.75, 3.05) is 26.2 Å². The summed E-state index contributed by atoms with van der Waals surface area (Å²) in [7, 11) is 2.18. The lowest BCUT2D eigenvalue weighted by atomic mass is 9.99. The largest absolute Gasteiger partial charge is 0.392 e. The van der Waals surface area contributed by atoms with Gasteiger partial charge in [-0.25, -0.2) is 0 Å². The maximum atomic E-state index is 9.90. The Morgan fingerprint density at radius 3 is 2.62 bits per heavy atom. The van der Waals surface area contributed by atoms with E-state index in [0.29, 0.717) is 6.04 Å². The predicted octanol–water partition coefficient (Wildman–Crippen LogP) is 2.60. The fourth-order valence-electron chi connectivity index (χ4n) is 4.48. The number of hydrogen-bond donors (Lipinski definition) is 1. The maximum absolute atomic E-state index is 9.90. The number of benzene rings is 1. The summed E-state index contributed by atoms with van der Waals surface area (Å²) in [5.74, 6) is 0. The van der Waals surface area contributed by atoms with Crippen LogP contribution < -0.4 is 0 Å². The molecule has 4 heteroatoms. The van der Waals surface area contributed by atoms with Crippen molar-refractivity contribution in [2.45, 2.75) is 44.4 Å². The molecule has 3 heterocycles. The van der Waals surface area contributed by atoms with Crippen molar-refractivity contribution in [1.29, 1.82) is 0 Å². The van der Waals surface area contributed by atoms with Gasteiger partial charge in [0.15, 0.2) is 0 Å². The first-order valence-electron chi connectivity index (χ1n) is 9.38. The molecule has 1 N–H and O–H groups in total. The van der Waals surface area contributed by atoms with Gasteiger partial charge in [0.05, 0.1) is 6.10 Å². The van der Waals surface area contributed by atoms with Crippen LogP contribution in [0.25, 0.3) is 10.9 Å². The van der Waals surface area contributed by atoms with Gasteiger partial charge >= 0.3 is 0 Å². The topological polar surface area (TPSA) is 31.6 Å². The first kappa shape index (κ1) is 16.1. The van der Waals surface area contributed by atoms with Crippen LogP contribution in [0.4, 0.5) is 0 Å². The van der Waals surface area contributed by atoms with Crippen LogP contribution in [0.2, 0.25) is 0 Å². The minimum Gasteiger partial charge on any atom is -0.392 e. The highest BCUT2D eigenvalue weighted by atomic mass is 16.3. The van der Waals surface area contributed by atoms with Crippen molar-refractivity contribution in [3.63, 3.8) is 0 Å². The van der Waals surface area contributed by atoms with Crippen LogP contribution in [0, 0.1) is 0 Å². The molecule has 2 aliphatic rings. The van der Waals surface area contributed by atoms with Gasteiger partial charge in [0.1, 0.15) is 0 Å². The number of aliphatic hydroxyl groups is 1. The number of aryl methyl sites for hydroxylation is 1. The SMILES string of the molecule is Cn1c(CN2CCC(N3CCC[C@@H](O)C3)CC2)cc2ccccc21. The molecule has 1 atom stereocenters. The third-order valence-corrected chi connectivity index (χ3v) is 5.94. The van der Waals surface area contributed by atoms with Gasteiger partial charge in [0.2, 0.25) is 0 Å². The summed E-state index contributed by atoms with van der Waals surface area (Å²) in [6.45, 7) is 5.43. The number of fused-ring (bicyclic) bond motifs is 1. The number of likely N-dealkylation sites (tertiary alicyclic amines) is 2. The predicted molar refractivity (Wildman–Crippen MR) is 98.0 cm³/mol. The average Bonchev–Trinajstić information content (AvgIpc) is 2.92. The lowest BCUT2D eigenvalue weighted by Crippen LogP contribution is -2.49. The lowest BCUT2D eigenvalue weighted by Gasteiger charge is -2.41. The molecule has 4 rings (SSSR count). The van der Waals surface area contributed by atoms with Crippen molar-refractivity contribution in [3.05, 3.63) is 36.0 Å². The Morgan fingerprint density at radius 2 is 1.88 bits per heavy atom. The quantitative estimate of drug-likeness (QED) is 0.940. The molecule has 2 aliphatic heterocycles. The van der Waals surface area contributed by atoms with Crippen LogP contribution in [-0.2, 0) is 13.6 Å². The molecular formula is C20H29N3O. The van der Waals surface area contributed by atoms with Crippen LogP contribution in [-0.4, -0.2) is 57.8 Å². The van der Waals surface area contributed by atoms with Gasteiger partial charge in [-0.2, -0.15) is 0 Å². The molecule has 24 heavy (non-hydrogen) atoms. The molecule has 2 fully saturated rings. The summed E-state index contributed by atoms with van der Waals surface area (Å²) in [5.41, 5.74) is 2.73. The second kappa shape index (κ2) is 6.87. The second-order valence-corrected chi connectivity index (χ2v) is 7.55. The number of aliphatic hydroxyl groups excluding tert-OH is 1. The van der Waals surface area contributed by atoms with E-state index in [4.69, 9.17) is 0 Å². The molecule has 4 nitrogen and oxygen atoms in total. The number of nitrogens with zero attached hydrogens (tertiary/aromatic N) is 3. The van der Waals surface area contributed by atoms with Crippen molar-refractivity contribution in [1.82, 2.24) is 14.4 Å². The Bertz CT molecular complexity index is 687. The van der Waals surface area contributed by atoms with E-state index >= 15 is 0 Å². The molecule has 1 aromatic heterocycles. The van der Waals surface area contributed by atoms with E-state index in [1.54, 1.807) is 0 Å². The van der Waals surface area contributed by atoms with Gasteiger partial charge in [0.25, 0.3) is 0 Å².